The van der Waals surface area contributed by atoms with Gasteiger partial charge in [-0.05, 0) is 45.1 Å². The van der Waals surface area contributed by atoms with Crippen molar-refractivity contribution in [3.8, 4) is 0 Å². The van der Waals surface area contributed by atoms with Gasteiger partial charge in [0.1, 0.15) is 0 Å². The van der Waals surface area contributed by atoms with Crippen molar-refractivity contribution in [1.82, 2.24) is 10.2 Å². The zero-order chi connectivity index (χ0) is 14.7. The molecular weight excluding hydrogens is 236 g/mol. The van der Waals surface area contributed by atoms with E-state index in [2.05, 4.69) is 51.9 Å². The molecule has 0 aromatic heterocycles. The molecule has 1 rings (SSSR count). The second kappa shape index (κ2) is 6.55. The van der Waals surface area contributed by atoms with Crippen molar-refractivity contribution in [2.75, 3.05) is 20.2 Å². The van der Waals surface area contributed by atoms with Gasteiger partial charge >= 0.3 is 0 Å². The van der Waals surface area contributed by atoms with Crippen LogP contribution in [0.1, 0.15) is 60.3 Å². The summed E-state index contributed by atoms with van der Waals surface area (Å²) in [5.41, 5.74) is 0.323. The lowest BCUT2D eigenvalue weighted by atomic mass is 9.75. The lowest BCUT2D eigenvalue weighted by Crippen LogP contribution is -2.57. The van der Waals surface area contributed by atoms with Crippen LogP contribution in [0.5, 0.6) is 0 Å². The topological polar surface area (TPSA) is 35.5 Å². The molecule has 3 nitrogen and oxygen atoms in total. The normalized spacial score (nSPS) is 23.8. The molecule has 0 amide bonds. The SMILES string of the molecule is CC(C)NC(C)(CO)CN(C)C1CCC(C)(C)CC1. The van der Waals surface area contributed by atoms with Gasteiger partial charge in [-0.2, -0.15) is 0 Å². The fourth-order valence-electron chi connectivity index (χ4n) is 3.34. The lowest BCUT2D eigenvalue weighted by Gasteiger charge is -2.42. The van der Waals surface area contributed by atoms with Gasteiger partial charge in [0.2, 0.25) is 0 Å². The second-order valence-corrected chi connectivity index (χ2v) is 7.83. The number of rotatable bonds is 6. The first-order valence-electron chi connectivity index (χ1n) is 7.76. The number of nitrogens with zero attached hydrogens (tertiary/aromatic N) is 1. The van der Waals surface area contributed by atoms with E-state index >= 15 is 0 Å². The maximum Gasteiger partial charge on any atom is 0.0623 e. The monoisotopic (exact) mass is 270 g/mol. The van der Waals surface area contributed by atoms with Gasteiger partial charge in [0.15, 0.2) is 0 Å². The molecule has 3 heteroatoms. The minimum atomic E-state index is -0.199. The summed E-state index contributed by atoms with van der Waals surface area (Å²) in [5, 5.41) is 13.2. The number of hydrogen-bond acceptors (Lipinski definition) is 3. The fraction of sp³-hybridized carbons (Fsp3) is 1.00. The molecule has 1 atom stereocenters. The highest BCUT2D eigenvalue weighted by Gasteiger charge is 2.32. The van der Waals surface area contributed by atoms with Gasteiger partial charge in [0.05, 0.1) is 12.1 Å². The van der Waals surface area contributed by atoms with Crippen molar-refractivity contribution in [2.24, 2.45) is 5.41 Å². The van der Waals surface area contributed by atoms with Gasteiger partial charge in [-0.15, -0.1) is 0 Å². The van der Waals surface area contributed by atoms with Gasteiger partial charge in [0, 0.05) is 18.6 Å². The van der Waals surface area contributed by atoms with Crippen molar-refractivity contribution in [1.29, 1.82) is 0 Å². The van der Waals surface area contributed by atoms with E-state index in [0.29, 0.717) is 17.5 Å². The van der Waals surface area contributed by atoms with Crippen LogP contribution in [0.2, 0.25) is 0 Å². The van der Waals surface area contributed by atoms with Crippen LogP contribution in [0.25, 0.3) is 0 Å². The van der Waals surface area contributed by atoms with E-state index in [0.717, 1.165) is 6.54 Å². The van der Waals surface area contributed by atoms with Gasteiger partial charge in [-0.3, -0.25) is 0 Å². The summed E-state index contributed by atoms with van der Waals surface area (Å²) >= 11 is 0. The molecule has 0 aromatic carbocycles. The van der Waals surface area contributed by atoms with E-state index in [1.54, 1.807) is 0 Å². The number of aliphatic hydroxyl groups is 1. The molecule has 1 aliphatic rings. The fourth-order valence-corrected chi connectivity index (χ4v) is 3.34. The molecule has 114 valence electrons. The Balaban J connectivity index is 2.51. The number of hydrogen-bond donors (Lipinski definition) is 2. The van der Waals surface area contributed by atoms with Gasteiger partial charge in [0.25, 0.3) is 0 Å². The van der Waals surface area contributed by atoms with Crippen LogP contribution < -0.4 is 5.32 Å². The molecule has 1 unspecified atom stereocenters. The summed E-state index contributed by atoms with van der Waals surface area (Å²) in [4.78, 5) is 2.45. The summed E-state index contributed by atoms with van der Waals surface area (Å²) in [6.45, 7) is 12.2. The number of nitrogens with one attached hydrogen (secondary N) is 1. The summed E-state index contributed by atoms with van der Waals surface area (Å²) in [6, 6.07) is 1.07. The summed E-state index contributed by atoms with van der Waals surface area (Å²) in [5.74, 6) is 0. The highest BCUT2D eigenvalue weighted by atomic mass is 16.3. The number of aliphatic hydroxyl groups excluding tert-OH is 1. The van der Waals surface area contributed by atoms with Crippen LogP contribution in [-0.2, 0) is 0 Å². The van der Waals surface area contributed by atoms with E-state index in [-0.39, 0.29) is 12.1 Å². The smallest absolute Gasteiger partial charge is 0.0623 e. The predicted molar refractivity (Wildman–Crippen MR) is 82.4 cm³/mol. The molecule has 0 aliphatic heterocycles. The van der Waals surface area contributed by atoms with E-state index in [4.69, 9.17) is 0 Å². The van der Waals surface area contributed by atoms with Crippen molar-refractivity contribution >= 4 is 0 Å². The first-order valence-corrected chi connectivity index (χ1v) is 7.76. The predicted octanol–water partition coefficient (Wildman–Crippen LogP) is 2.64. The van der Waals surface area contributed by atoms with Gasteiger partial charge in [-0.25, -0.2) is 0 Å². The third-order valence-corrected chi connectivity index (χ3v) is 4.52. The second-order valence-electron chi connectivity index (χ2n) is 7.83. The Labute approximate surface area is 119 Å². The maximum absolute atomic E-state index is 9.68. The van der Waals surface area contributed by atoms with E-state index in [9.17, 15) is 5.11 Å². The standard InChI is InChI=1S/C16H34N2O/c1-13(2)17-16(5,12-19)11-18(6)14-7-9-15(3,4)10-8-14/h13-14,17,19H,7-12H2,1-6H3. The Kier molecular flexibility index (Phi) is 5.84. The van der Waals surface area contributed by atoms with Crippen LogP contribution in [-0.4, -0.2) is 47.8 Å². The van der Waals surface area contributed by atoms with Crippen molar-refractivity contribution < 1.29 is 5.11 Å². The third kappa shape index (κ3) is 5.41. The van der Waals surface area contributed by atoms with Crippen molar-refractivity contribution in [2.45, 2.75) is 77.9 Å². The number of likely N-dealkylation sites (N-methyl/N-ethyl adjacent to an activating group) is 1. The Morgan fingerprint density at radius 3 is 2.26 bits per heavy atom. The molecular formula is C16H34N2O. The van der Waals surface area contributed by atoms with Gasteiger partial charge < -0.3 is 15.3 Å². The molecule has 0 saturated heterocycles. The van der Waals surface area contributed by atoms with Crippen LogP contribution in [0.4, 0.5) is 0 Å². The maximum atomic E-state index is 9.68. The average molecular weight is 270 g/mol. The molecule has 0 bridgehead atoms. The zero-order valence-electron chi connectivity index (χ0n) is 13.8. The van der Waals surface area contributed by atoms with Crippen LogP contribution in [0, 0.1) is 5.41 Å². The van der Waals surface area contributed by atoms with E-state index < -0.39 is 0 Å². The molecule has 1 fully saturated rings. The minimum absolute atomic E-state index is 0.188. The zero-order valence-corrected chi connectivity index (χ0v) is 13.8. The Morgan fingerprint density at radius 2 is 1.84 bits per heavy atom. The molecule has 19 heavy (non-hydrogen) atoms. The third-order valence-electron chi connectivity index (χ3n) is 4.52. The van der Waals surface area contributed by atoms with Crippen molar-refractivity contribution in [3.63, 3.8) is 0 Å². The minimum Gasteiger partial charge on any atom is -0.394 e. The largest absolute Gasteiger partial charge is 0.394 e. The molecule has 1 aliphatic carbocycles. The Morgan fingerprint density at radius 1 is 1.32 bits per heavy atom. The van der Waals surface area contributed by atoms with E-state index in [1.807, 2.05) is 0 Å². The first-order chi connectivity index (χ1) is 8.67. The molecule has 1 saturated carbocycles. The van der Waals surface area contributed by atoms with Gasteiger partial charge in [-0.1, -0.05) is 27.7 Å². The molecule has 2 N–H and O–H groups in total. The quantitative estimate of drug-likeness (QED) is 0.779. The van der Waals surface area contributed by atoms with Crippen LogP contribution >= 0.6 is 0 Å². The highest BCUT2D eigenvalue weighted by molar-refractivity contribution is 4.90. The van der Waals surface area contributed by atoms with Crippen LogP contribution in [0.3, 0.4) is 0 Å². The molecule has 0 radical (unpaired) electrons. The highest BCUT2D eigenvalue weighted by Crippen LogP contribution is 2.36. The summed E-state index contributed by atoms with van der Waals surface area (Å²) in [7, 11) is 2.21. The molecule has 0 spiro atoms. The molecule has 0 heterocycles. The molecule has 0 aromatic rings. The van der Waals surface area contributed by atoms with E-state index in [1.165, 1.54) is 25.7 Å². The Hall–Kier alpha value is -0.120. The lowest BCUT2D eigenvalue weighted by molar-refractivity contribution is 0.0744. The first kappa shape index (κ1) is 16.9. The summed E-state index contributed by atoms with van der Waals surface area (Å²) < 4.78 is 0. The van der Waals surface area contributed by atoms with Crippen molar-refractivity contribution in [3.05, 3.63) is 0 Å². The average Bonchev–Trinajstić information content (AvgIpc) is 2.27. The summed E-state index contributed by atoms with van der Waals surface area (Å²) in [6.07, 6.45) is 5.20. The van der Waals surface area contributed by atoms with Crippen LogP contribution in [0.15, 0.2) is 0 Å². The Bertz CT molecular complexity index is 268.